The van der Waals surface area contributed by atoms with Crippen LogP contribution < -0.4 is 5.32 Å². The lowest BCUT2D eigenvalue weighted by molar-refractivity contribution is -0.122. The molecule has 0 aliphatic carbocycles. The largest absolute Gasteiger partial charge is 0.347 e. The maximum absolute atomic E-state index is 12.5. The van der Waals surface area contributed by atoms with E-state index in [0.29, 0.717) is 16.7 Å². The summed E-state index contributed by atoms with van der Waals surface area (Å²) in [6.45, 7) is 1.79. The first-order valence-electron chi connectivity index (χ1n) is 8.91. The molecule has 11 nitrogen and oxygen atoms in total. The van der Waals surface area contributed by atoms with Gasteiger partial charge in [-0.1, -0.05) is 30.3 Å². The molecule has 4 rings (SSSR count). The summed E-state index contributed by atoms with van der Waals surface area (Å²) in [5.74, 6) is -0.173. The Hall–Kier alpha value is -3.80. The average Bonchev–Trinajstić information content (AvgIpc) is 3.45. The molecule has 152 valence electrons. The Balaban J connectivity index is 1.36. The summed E-state index contributed by atoms with van der Waals surface area (Å²) < 4.78 is 1.35. The van der Waals surface area contributed by atoms with Crippen molar-refractivity contribution >= 4 is 34.9 Å². The highest BCUT2D eigenvalue weighted by molar-refractivity contribution is 8.18. The molecule has 2 aromatic heterocycles. The number of nitrogens with one attached hydrogen (secondary N) is 2. The summed E-state index contributed by atoms with van der Waals surface area (Å²) in [6.07, 6.45) is 2.99. The maximum atomic E-state index is 12.5. The smallest absolute Gasteiger partial charge is 0.293 e. The van der Waals surface area contributed by atoms with Crippen molar-refractivity contribution in [2.75, 3.05) is 13.1 Å². The number of hydrogen-bond donors (Lipinski definition) is 2. The van der Waals surface area contributed by atoms with Crippen molar-refractivity contribution in [3.05, 3.63) is 58.8 Å². The summed E-state index contributed by atoms with van der Waals surface area (Å²) in [6, 6.07) is 9.27. The van der Waals surface area contributed by atoms with Crippen molar-refractivity contribution in [2.45, 2.75) is 6.92 Å². The second-order valence-corrected chi connectivity index (χ2v) is 7.20. The van der Waals surface area contributed by atoms with E-state index in [2.05, 4.69) is 30.6 Å². The molecule has 3 aromatic rings. The molecule has 0 radical (unpaired) electrons. The lowest BCUT2D eigenvalue weighted by Crippen LogP contribution is -2.37. The molecule has 0 unspecified atom stereocenters. The molecule has 3 amide bonds. The number of carbonyl (C=O) groups excluding carboxylic acids is 3. The molecule has 1 fully saturated rings. The number of imide groups is 1. The first-order valence-corrected chi connectivity index (χ1v) is 9.72. The van der Waals surface area contributed by atoms with Gasteiger partial charge in [0.15, 0.2) is 0 Å². The molecular formula is C18H16N8O3S. The van der Waals surface area contributed by atoms with E-state index < -0.39 is 5.91 Å². The van der Waals surface area contributed by atoms with Crippen LogP contribution in [0.5, 0.6) is 0 Å². The van der Waals surface area contributed by atoms with Crippen LogP contribution in [0.3, 0.4) is 0 Å². The van der Waals surface area contributed by atoms with Gasteiger partial charge in [-0.3, -0.25) is 19.3 Å². The number of rotatable bonds is 6. The zero-order valence-electron chi connectivity index (χ0n) is 15.8. The highest BCUT2D eigenvalue weighted by atomic mass is 32.2. The van der Waals surface area contributed by atoms with Crippen LogP contribution in [0.15, 0.2) is 41.6 Å². The van der Waals surface area contributed by atoms with Crippen LogP contribution in [0.2, 0.25) is 0 Å². The number of H-pyrrole nitrogens is 1. The third-order valence-corrected chi connectivity index (χ3v) is 5.07. The number of aromatic amines is 1. The van der Waals surface area contributed by atoms with Crippen LogP contribution in [0.25, 0.3) is 12.0 Å². The van der Waals surface area contributed by atoms with Crippen LogP contribution >= 0.6 is 11.8 Å². The topological polar surface area (TPSA) is 139 Å². The first-order chi connectivity index (χ1) is 14.5. The van der Waals surface area contributed by atoms with E-state index in [9.17, 15) is 14.4 Å². The summed E-state index contributed by atoms with van der Waals surface area (Å²) in [4.78, 5) is 46.5. The van der Waals surface area contributed by atoms with E-state index in [1.807, 2.05) is 30.3 Å². The predicted octanol–water partition coefficient (Wildman–Crippen LogP) is 1.16. The monoisotopic (exact) mass is 424 g/mol. The zero-order valence-corrected chi connectivity index (χ0v) is 16.6. The Morgan fingerprint density at radius 3 is 2.80 bits per heavy atom. The highest BCUT2D eigenvalue weighted by Gasteiger charge is 2.34. The van der Waals surface area contributed by atoms with Gasteiger partial charge in [0.2, 0.25) is 11.8 Å². The number of aryl methyl sites for hydroxylation is 1. The van der Waals surface area contributed by atoms with E-state index in [0.717, 1.165) is 22.2 Å². The van der Waals surface area contributed by atoms with Gasteiger partial charge in [0.05, 0.1) is 4.91 Å². The molecule has 3 heterocycles. The van der Waals surface area contributed by atoms with Crippen molar-refractivity contribution < 1.29 is 14.4 Å². The SMILES string of the molecule is Cc1nc(C(=O)NCCN2C(=O)SC(=Cc3ccccc3)C2=O)nn1-c1ncn[nH]1. The fourth-order valence-electron chi connectivity index (χ4n) is 2.74. The number of nitrogens with zero attached hydrogens (tertiary/aromatic N) is 6. The molecule has 12 heteroatoms. The molecule has 0 atom stereocenters. The molecule has 2 N–H and O–H groups in total. The molecule has 30 heavy (non-hydrogen) atoms. The Morgan fingerprint density at radius 2 is 2.07 bits per heavy atom. The van der Waals surface area contributed by atoms with Crippen LogP contribution in [-0.4, -0.2) is 65.0 Å². The van der Waals surface area contributed by atoms with Gasteiger partial charge in [-0.25, -0.2) is 10.1 Å². The second kappa shape index (κ2) is 8.29. The van der Waals surface area contributed by atoms with Crippen molar-refractivity contribution in [2.24, 2.45) is 0 Å². The van der Waals surface area contributed by atoms with Crippen molar-refractivity contribution in [3.8, 4) is 5.95 Å². The summed E-state index contributed by atoms with van der Waals surface area (Å²) >= 11 is 0.877. The minimum absolute atomic E-state index is 0.0460. The van der Waals surface area contributed by atoms with Gasteiger partial charge < -0.3 is 5.32 Å². The zero-order chi connectivity index (χ0) is 21.1. The van der Waals surface area contributed by atoms with Crippen LogP contribution in [-0.2, 0) is 4.79 Å². The second-order valence-electron chi connectivity index (χ2n) is 6.20. The van der Waals surface area contributed by atoms with Crippen LogP contribution in [0, 0.1) is 6.92 Å². The van der Waals surface area contributed by atoms with Crippen molar-refractivity contribution in [1.29, 1.82) is 0 Å². The Bertz CT molecular complexity index is 1120. The van der Waals surface area contributed by atoms with Gasteiger partial charge in [-0.05, 0) is 30.3 Å². The van der Waals surface area contributed by atoms with Gasteiger partial charge in [-0.15, -0.1) is 5.10 Å². The fourth-order valence-corrected chi connectivity index (χ4v) is 3.61. The lowest BCUT2D eigenvalue weighted by atomic mass is 10.2. The Kier molecular flexibility index (Phi) is 5.39. The van der Waals surface area contributed by atoms with E-state index >= 15 is 0 Å². The minimum Gasteiger partial charge on any atom is -0.347 e. The predicted molar refractivity (Wildman–Crippen MR) is 107 cm³/mol. The van der Waals surface area contributed by atoms with Gasteiger partial charge in [0, 0.05) is 13.1 Å². The Labute approximate surface area is 174 Å². The number of hydrogen-bond acceptors (Lipinski definition) is 8. The number of carbonyl (C=O) groups is 3. The lowest BCUT2D eigenvalue weighted by Gasteiger charge is -2.12. The number of thioether (sulfide) groups is 1. The highest BCUT2D eigenvalue weighted by Crippen LogP contribution is 2.31. The normalized spacial score (nSPS) is 15.2. The standard InChI is InChI=1S/C18H16N8O3S/c1-11-22-14(24-26(11)17-20-10-21-23-17)15(27)19-7-8-25-16(28)13(30-18(25)29)9-12-5-3-2-4-6-12/h2-6,9-10H,7-8H2,1H3,(H,19,27)(H,20,21,23). The molecule has 1 aliphatic heterocycles. The minimum atomic E-state index is -0.525. The summed E-state index contributed by atoms with van der Waals surface area (Å²) in [7, 11) is 0. The molecular weight excluding hydrogens is 408 g/mol. The van der Waals surface area contributed by atoms with E-state index in [1.54, 1.807) is 13.0 Å². The molecule has 0 bridgehead atoms. The van der Waals surface area contributed by atoms with E-state index in [1.165, 1.54) is 11.0 Å². The molecule has 0 spiro atoms. The molecule has 0 saturated carbocycles. The number of aromatic nitrogens is 6. The van der Waals surface area contributed by atoms with Gasteiger partial charge in [0.1, 0.15) is 12.2 Å². The third-order valence-electron chi connectivity index (χ3n) is 4.17. The fraction of sp³-hybridized carbons (Fsp3) is 0.167. The van der Waals surface area contributed by atoms with Gasteiger partial charge in [-0.2, -0.15) is 14.8 Å². The Morgan fingerprint density at radius 1 is 1.27 bits per heavy atom. The van der Waals surface area contributed by atoms with E-state index in [4.69, 9.17) is 0 Å². The quantitative estimate of drug-likeness (QED) is 0.562. The van der Waals surface area contributed by atoms with Crippen molar-refractivity contribution in [3.63, 3.8) is 0 Å². The van der Waals surface area contributed by atoms with Gasteiger partial charge in [0.25, 0.3) is 17.1 Å². The van der Waals surface area contributed by atoms with E-state index in [-0.39, 0.29) is 30.1 Å². The maximum Gasteiger partial charge on any atom is 0.293 e. The summed E-state index contributed by atoms with van der Waals surface area (Å²) in [5, 5.41) is 12.7. The van der Waals surface area contributed by atoms with Crippen LogP contribution in [0.4, 0.5) is 4.79 Å². The molecule has 1 aliphatic rings. The molecule has 1 saturated heterocycles. The first kappa shape index (κ1) is 19.5. The average molecular weight is 424 g/mol. The number of benzene rings is 1. The third kappa shape index (κ3) is 3.98. The van der Waals surface area contributed by atoms with Crippen molar-refractivity contribution in [1.82, 2.24) is 40.2 Å². The summed E-state index contributed by atoms with van der Waals surface area (Å²) in [5.41, 5.74) is 0.833. The molecule has 1 aromatic carbocycles. The van der Waals surface area contributed by atoms with Gasteiger partial charge >= 0.3 is 0 Å². The number of amides is 3. The van der Waals surface area contributed by atoms with Crippen LogP contribution in [0.1, 0.15) is 22.0 Å².